The molecule has 19 heavy (non-hydrogen) atoms. The van der Waals surface area contributed by atoms with E-state index >= 15 is 0 Å². The molecule has 0 spiro atoms. The smallest absolute Gasteiger partial charge is 0.123 e. The van der Waals surface area contributed by atoms with Crippen LogP contribution >= 0.6 is 0 Å². The van der Waals surface area contributed by atoms with Gasteiger partial charge >= 0.3 is 0 Å². The second-order valence-electron chi connectivity index (χ2n) is 5.06. The minimum Gasteiger partial charge on any atom is -0.489 e. The van der Waals surface area contributed by atoms with Gasteiger partial charge in [-0.05, 0) is 42.0 Å². The average molecular weight is 254 g/mol. The summed E-state index contributed by atoms with van der Waals surface area (Å²) in [5.74, 6) is 0.966. The summed E-state index contributed by atoms with van der Waals surface area (Å²) >= 11 is 0. The minimum absolute atomic E-state index is 0.197. The largest absolute Gasteiger partial charge is 0.489 e. The van der Waals surface area contributed by atoms with Crippen molar-refractivity contribution >= 4 is 0 Å². The molecule has 2 aromatic carbocycles. The monoisotopic (exact) mass is 254 g/mol. The van der Waals surface area contributed by atoms with Gasteiger partial charge < -0.3 is 9.84 Å². The number of rotatable bonds is 3. The highest BCUT2D eigenvalue weighted by atomic mass is 16.5. The van der Waals surface area contributed by atoms with Crippen molar-refractivity contribution in [2.45, 2.75) is 32.0 Å². The third kappa shape index (κ3) is 2.79. The van der Waals surface area contributed by atoms with Crippen LogP contribution in [0.1, 0.15) is 23.1 Å². The average Bonchev–Trinajstić information content (AvgIpc) is 2.45. The highest BCUT2D eigenvalue weighted by Gasteiger charge is 2.19. The first kappa shape index (κ1) is 12.2. The van der Waals surface area contributed by atoms with E-state index in [2.05, 4.69) is 18.2 Å². The van der Waals surface area contributed by atoms with Crippen molar-refractivity contribution in [3.05, 3.63) is 65.2 Å². The molecule has 0 radical (unpaired) electrons. The summed E-state index contributed by atoms with van der Waals surface area (Å²) in [6.07, 6.45) is 2.29. The molecular weight excluding hydrogens is 236 g/mol. The summed E-state index contributed by atoms with van der Waals surface area (Å²) in [5, 5.41) is 9.71. The van der Waals surface area contributed by atoms with E-state index in [0.29, 0.717) is 6.61 Å². The molecule has 1 N–H and O–H groups in total. The van der Waals surface area contributed by atoms with Crippen LogP contribution in [0.3, 0.4) is 0 Å². The lowest BCUT2D eigenvalue weighted by Crippen LogP contribution is -2.19. The van der Waals surface area contributed by atoms with E-state index in [-0.39, 0.29) is 6.10 Å². The van der Waals surface area contributed by atoms with Crippen LogP contribution < -0.4 is 4.74 Å². The van der Waals surface area contributed by atoms with E-state index in [0.717, 1.165) is 25.0 Å². The van der Waals surface area contributed by atoms with Gasteiger partial charge in [0.15, 0.2) is 0 Å². The number of aliphatic hydroxyl groups excluding tert-OH is 1. The fourth-order valence-corrected chi connectivity index (χ4v) is 2.62. The van der Waals surface area contributed by atoms with Gasteiger partial charge in [-0.15, -0.1) is 0 Å². The molecule has 1 atom stereocenters. The maximum absolute atomic E-state index is 9.71. The van der Waals surface area contributed by atoms with Crippen molar-refractivity contribution in [3.63, 3.8) is 0 Å². The van der Waals surface area contributed by atoms with Crippen LogP contribution in [-0.2, 0) is 19.4 Å². The third-order valence-electron chi connectivity index (χ3n) is 3.65. The Balaban J connectivity index is 1.77. The van der Waals surface area contributed by atoms with Crippen LogP contribution in [0.25, 0.3) is 0 Å². The molecule has 1 aliphatic rings. The zero-order valence-corrected chi connectivity index (χ0v) is 10.9. The SMILES string of the molecule is O[C@@H]1CCc2c(cccc2OCc2ccccc2)C1. The van der Waals surface area contributed by atoms with E-state index in [4.69, 9.17) is 4.74 Å². The topological polar surface area (TPSA) is 29.5 Å². The predicted molar refractivity (Wildman–Crippen MR) is 75.2 cm³/mol. The number of ether oxygens (including phenoxy) is 1. The lowest BCUT2D eigenvalue weighted by molar-refractivity contribution is 0.157. The Labute approximate surface area is 113 Å². The van der Waals surface area contributed by atoms with Crippen molar-refractivity contribution in [1.29, 1.82) is 0 Å². The molecule has 3 rings (SSSR count). The fraction of sp³-hybridized carbons (Fsp3) is 0.294. The van der Waals surface area contributed by atoms with Gasteiger partial charge in [0.1, 0.15) is 12.4 Å². The summed E-state index contributed by atoms with van der Waals surface area (Å²) in [5.41, 5.74) is 3.67. The number of aliphatic hydroxyl groups is 1. The van der Waals surface area contributed by atoms with Gasteiger partial charge in [0, 0.05) is 0 Å². The van der Waals surface area contributed by atoms with Crippen molar-refractivity contribution in [2.24, 2.45) is 0 Å². The van der Waals surface area contributed by atoms with Crippen molar-refractivity contribution in [2.75, 3.05) is 0 Å². The number of hydrogen-bond donors (Lipinski definition) is 1. The third-order valence-corrected chi connectivity index (χ3v) is 3.65. The van der Waals surface area contributed by atoms with E-state index in [9.17, 15) is 5.11 Å². The first-order chi connectivity index (χ1) is 9.33. The molecule has 0 saturated carbocycles. The first-order valence-electron chi connectivity index (χ1n) is 6.78. The van der Waals surface area contributed by atoms with Crippen molar-refractivity contribution < 1.29 is 9.84 Å². The Bertz CT molecular complexity index is 548. The fourth-order valence-electron chi connectivity index (χ4n) is 2.62. The van der Waals surface area contributed by atoms with Gasteiger partial charge in [-0.1, -0.05) is 42.5 Å². The quantitative estimate of drug-likeness (QED) is 0.912. The zero-order chi connectivity index (χ0) is 13.1. The molecule has 0 bridgehead atoms. The zero-order valence-electron chi connectivity index (χ0n) is 10.9. The van der Waals surface area contributed by atoms with Gasteiger partial charge in [0.25, 0.3) is 0 Å². The number of benzene rings is 2. The van der Waals surface area contributed by atoms with Crippen molar-refractivity contribution in [3.8, 4) is 5.75 Å². The Hall–Kier alpha value is -1.80. The molecule has 2 nitrogen and oxygen atoms in total. The van der Waals surface area contributed by atoms with E-state index in [1.165, 1.54) is 16.7 Å². The summed E-state index contributed by atoms with van der Waals surface area (Å²) in [6.45, 7) is 0.597. The Morgan fingerprint density at radius 3 is 2.74 bits per heavy atom. The molecule has 98 valence electrons. The van der Waals surface area contributed by atoms with Gasteiger partial charge in [-0.25, -0.2) is 0 Å². The molecule has 0 unspecified atom stereocenters. The lowest BCUT2D eigenvalue weighted by Gasteiger charge is -2.23. The molecule has 2 aromatic rings. The molecule has 0 saturated heterocycles. The van der Waals surface area contributed by atoms with E-state index in [1.54, 1.807) is 0 Å². The number of hydrogen-bond acceptors (Lipinski definition) is 2. The van der Waals surface area contributed by atoms with Crippen molar-refractivity contribution in [1.82, 2.24) is 0 Å². The van der Waals surface area contributed by atoms with E-state index < -0.39 is 0 Å². The van der Waals surface area contributed by atoms with Crippen LogP contribution in [-0.4, -0.2) is 11.2 Å². The molecule has 0 fully saturated rings. The van der Waals surface area contributed by atoms with Crippen LogP contribution in [0.2, 0.25) is 0 Å². The predicted octanol–water partition coefficient (Wildman–Crippen LogP) is 3.12. The Kier molecular flexibility index (Phi) is 3.51. The van der Waals surface area contributed by atoms with Gasteiger partial charge in [0.05, 0.1) is 6.10 Å². The summed E-state index contributed by atoms with van der Waals surface area (Å²) in [4.78, 5) is 0. The second-order valence-corrected chi connectivity index (χ2v) is 5.06. The molecule has 0 aromatic heterocycles. The molecule has 2 heteroatoms. The summed E-state index contributed by atoms with van der Waals surface area (Å²) < 4.78 is 5.94. The molecular formula is C17H18O2. The number of fused-ring (bicyclic) bond motifs is 1. The maximum atomic E-state index is 9.71. The van der Waals surface area contributed by atoms with Gasteiger partial charge in [-0.3, -0.25) is 0 Å². The van der Waals surface area contributed by atoms with Gasteiger partial charge in [-0.2, -0.15) is 0 Å². The maximum Gasteiger partial charge on any atom is 0.123 e. The summed E-state index contributed by atoms with van der Waals surface area (Å²) in [7, 11) is 0. The van der Waals surface area contributed by atoms with Crippen LogP contribution in [0.5, 0.6) is 5.75 Å². The van der Waals surface area contributed by atoms with Crippen LogP contribution in [0.15, 0.2) is 48.5 Å². The Morgan fingerprint density at radius 1 is 1.05 bits per heavy atom. The molecule has 0 amide bonds. The van der Waals surface area contributed by atoms with Gasteiger partial charge in [0.2, 0.25) is 0 Å². The van der Waals surface area contributed by atoms with Crippen LogP contribution in [0.4, 0.5) is 0 Å². The highest BCUT2D eigenvalue weighted by molar-refractivity contribution is 5.42. The second kappa shape index (κ2) is 5.45. The van der Waals surface area contributed by atoms with Crippen LogP contribution in [0, 0.1) is 0 Å². The van der Waals surface area contributed by atoms with E-state index in [1.807, 2.05) is 30.3 Å². The standard InChI is InChI=1S/C17H18O2/c18-15-9-10-16-14(11-15)7-4-8-17(16)19-12-13-5-2-1-3-6-13/h1-8,15,18H,9-12H2/t15-/m1/s1. The molecule has 0 aliphatic heterocycles. The highest BCUT2D eigenvalue weighted by Crippen LogP contribution is 2.30. The molecule has 0 heterocycles. The molecule has 1 aliphatic carbocycles. The minimum atomic E-state index is -0.197. The Morgan fingerprint density at radius 2 is 1.89 bits per heavy atom. The summed E-state index contributed by atoms with van der Waals surface area (Å²) in [6, 6.07) is 16.3. The lowest BCUT2D eigenvalue weighted by atomic mass is 9.89. The normalized spacial score (nSPS) is 17.8. The first-order valence-corrected chi connectivity index (χ1v) is 6.78.